The Labute approximate surface area is 157 Å². The standard InChI is InChI=1S/C17H18Cl2N2O3S/c1-11-3-5-14(9-12(11)2)25(23,24)21-8-7-20-17(22)13-4-6-15(18)16(19)10-13/h3-6,9-10,21H,7-8H2,1-2H3,(H,20,22). The molecule has 0 aliphatic heterocycles. The number of amides is 1. The average molecular weight is 401 g/mol. The molecule has 0 radical (unpaired) electrons. The fourth-order valence-corrected chi connectivity index (χ4v) is 3.48. The van der Waals surface area contributed by atoms with Gasteiger partial charge in [0.15, 0.2) is 0 Å². The zero-order valence-electron chi connectivity index (χ0n) is 13.8. The highest BCUT2D eigenvalue weighted by Gasteiger charge is 2.14. The van der Waals surface area contributed by atoms with Crippen LogP contribution in [0.25, 0.3) is 0 Å². The van der Waals surface area contributed by atoms with E-state index >= 15 is 0 Å². The molecular formula is C17H18Cl2N2O3S. The number of carbonyl (C=O) groups is 1. The Morgan fingerprint density at radius 3 is 2.32 bits per heavy atom. The Morgan fingerprint density at radius 2 is 1.68 bits per heavy atom. The van der Waals surface area contributed by atoms with Crippen LogP contribution in [0, 0.1) is 13.8 Å². The minimum absolute atomic E-state index is 0.0717. The molecule has 0 saturated heterocycles. The highest BCUT2D eigenvalue weighted by atomic mass is 35.5. The second-order valence-corrected chi connectivity index (χ2v) is 8.11. The number of aryl methyl sites for hydroxylation is 2. The molecule has 0 aliphatic carbocycles. The molecule has 0 aliphatic rings. The molecule has 5 nitrogen and oxygen atoms in total. The summed E-state index contributed by atoms with van der Waals surface area (Å²) in [5, 5.41) is 3.27. The molecule has 0 bridgehead atoms. The number of hydrogen-bond donors (Lipinski definition) is 2. The third-order valence-corrected chi connectivity index (χ3v) is 5.87. The highest BCUT2D eigenvalue weighted by molar-refractivity contribution is 7.89. The molecule has 0 fully saturated rings. The van der Waals surface area contributed by atoms with Gasteiger partial charge in [-0.25, -0.2) is 13.1 Å². The second kappa shape index (κ2) is 8.19. The molecule has 0 saturated carbocycles. The summed E-state index contributed by atoms with van der Waals surface area (Å²) < 4.78 is 26.9. The van der Waals surface area contributed by atoms with Crippen molar-refractivity contribution in [2.45, 2.75) is 18.7 Å². The highest BCUT2D eigenvalue weighted by Crippen LogP contribution is 2.22. The molecule has 8 heteroatoms. The van der Waals surface area contributed by atoms with E-state index in [-0.39, 0.29) is 28.9 Å². The second-order valence-electron chi connectivity index (χ2n) is 5.53. The van der Waals surface area contributed by atoms with Gasteiger partial charge in [-0.1, -0.05) is 29.3 Å². The molecule has 2 N–H and O–H groups in total. The Kier molecular flexibility index (Phi) is 6.46. The Balaban J connectivity index is 1.90. The predicted molar refractivity (Wildman–Crippen MR) is 99.9 cm³/mol. The van der Waals surface area contributed by atoms with E-state index in [4.69, 9.17) is 23.2 Å². The first-order valence-corrected chi connectivity index (χ1v) is 9.75. The summed E-state index contributed by atoms with van der Waals surface area (Å²) in [5.74, 6) is -0.357. The monoisotopic (exact) mass is 400 g/mol. The van der Waals surface area contributed by atoms with Crippen LogP contribution in [0.2, 0.25) is 10.0 Å². The van der Waals surface area contributed by atoms with Crippen molar-refractivity contribution in [1.82, 2.24) is 10.0 Å². The van der Waals surface area contributed by atoms with E-state index in [0.29, 0.717) is 10.6 Å². The number of rotatable bonds is 6. The maximum Gasteiger partial charge on any atom is 0.251 e. The van der Waals surface area contributed by atoms with Crippen molar-refractivity contribution in [1.29, 1.82) is 0 Å². The summed E-state index contributed by atoms with van der Waals surface area (Å²) in [4.78, 5) is 12.2. The molecule has 0 heterocycles. The van der Waals surface area contributed by atoms with E-state index < -0.39 is 10.0 Å². The van der Waals surface area contributed by atoms with Gasteiger partial charge in [0.05, 0.1) is 14.9 Å². The Bertz CT molecular complexity index is 899. The lowest BCUT2D eigenvalue weighted by atomic mass is 10.1. The molecule has 0 spiro atoms. The van der Waals surface area contributed by atoms with Gasteiger partial charge in [0.1, 0.15) is 0 Å². The van der Waals surface area contributed by atoms with Crippen molar-refractivity contribution >= 4 is 39.1 Å². The van der Waals surface area contributed by atoms with E-state index in [1.807, 2.05) is 13.8 Å². The normalized spacial score (nSPS) is 11.4. The summed E-state index contributed by atoms with van der Waals surface area (Å²) in [6.45, 7) is 3.98. The number of carbonyl (C=O) groups excluding carboxylic acids is 1. The van der Waals surface area contributed by atoms with E-state index in [0.717, 1.165) is 11.1 Å². The van der Waals surface area contributed by atoms with Gasteiger partial charge in [-0.15, -0.1) is 0 Å². The van der Waals surface area contributed by atoms with Gasteiger partial charge in [0.2, 0.25) is 10.0 Å². The third-order valence-electron chi connectivity index (χ3n) is 3.67. The van der Waals surface area contributed by atoms with Crippen molar-refractivity contribution in [3.05, 3.63) is 63.1 Å². The molecule has 0 aromatic heterocycles. The van der Waals surface area contributed by atoms with Crippen LogP contribution in [0.3, 0.4) is 0 Å². The summed E-state index contributed by atoms with van der Waals surface area (Å²) in [6.07, 6.45) is 0. The zero-order valence-corrected chi connectivity index (χ0v) is 16.1. The largest absolute Gasteiger partial charge is 0.351 e. The molecule has 25 heavy (non-hydrogen) atoms. The van der Waals surface area contributed by atoms with Gasteiger partial charge < -0.3 is 5.32 Å². The number of benzene rings is 2. The molecule has 134 valence electrons. The smallest absolute Gasteiger partial charge is 0.251 e. The summed E-state index contributed by atoms with van der Waals surface area (Å²) in [7, 11) is -3.61. The van der Waals surface area contributed by atoms with E-state index in [1.54, 1.807) is 24.3 Å². The van der Waals surface area contributed by atoms with Gasteiger partial charge in [0, 0.05) is 18.7 Å². The number of halogens is 2. The Morgan fingerprint density at radius 1 is 0.960 bits per heavy atom. The Hall–Kier alpha value is -1.60. The fourth-order valence-electron chi connectivity index (χ4n) is 2.07. The van der Waals surface area contributed by atoms with Crippen molar-refractivity contribution in [2.75, 3.05) is 13.1 Å². The first-order valence-electron chi connectivity index (χ1n) is 7.51. The van der Waals surface area contributed by atoms with Crippen molar-refractivity contribution in [3.63, 3.8) is 0 Å². The zero-order chi connectivity index (χ0) is 18.6. The SMILES string of the molecule is Cc1ccc(S(=O)(=O)NCCNC(=O)c2ccc(Cl)c(Cl)c2)cc1C. The lowest BCUT2D eigenvalue weighted by Gasteiger charge is -2.10. The van der Waals surface area contributed by atoms with Crippen LogP contribution in [0.15, 0.2) is 41.3 Å². The van der Waals surface area contributed by atoms with Crippen LogP contribution in [-0.2, 0) is 10.0 Å². The minimum atomic E-state index is -3.61. The van der Waals surface area contributed by atoms with Crippen molar-refractivity contribution in [2.24, 2.45) is 0 Å². The van der Waals surface area contributed by atoms with Crippen LogP contribution < -0.4 is 10.0 Å². The maximum atomic E-state index is 12.2. The van der Waals surface area contributed by atoms with Gasteiger partial charge in [-0.3, -0.25) is 4.79 Å². The van der Waals surface area contributed by atoms with E-state index in [1.165, 1.54) is 12.1 Å². The lowest BCUT2D eigenvalue weighted by Crippen LogP contribution is -2.34. The van der Waals surface area contributed by atoms with Gasteiger partial charge >= 0.3 is 0 Å². The van der Waals surface area contributed by atoms with Crippen LogP contribution in [-0.4, -0.2) is 27.4 Å². The van der Waals surface area contributed by atoms with Crippen LogP contribution in [0.1, 0.15) is 21.5 Å². The average Bonchev–Trinajstić information content (AvgIpc) is 2.56. The van der Waals surface area contributed by atoms with Crippen LogP contribution >= 0.6 is 23.2 Å². The third kappa shape index (κ3) is 5.19. The van der Waals surface area contributed by atoms with Crippen LogP contribution in [0.4, 0.5) is 0 Å². The summed E-state index contributed by atoms with van der Waals surface area (Å²) in [6, 6.07) is 9.46. The number of hydrogen-bond acceptors (Lipinski definition) is 3. The molecule has 2 rings (SSSR count). The summed E-state index contributed by atoms with van der Waals surface area (Å²) in [5.41, 5.74) is 2.27. The molecule has 1 amide bonds. The predicted octanol–water partition coefficient (Wildman–Crippen LogP) is 3.32. The van der Waals surface area contributed by atoms with Crippen LogP contribution in [0.5, 0.6) is 0 Å². The fraction of sp³-hybridized carbons (Fsp3) is 0.235. The molecule has 2 aromatic carbocycles. The molecular weight excluding hydrogens is 383 g/mol. The molecule has 2 aromatic rings. The van der Waals surface area contributed by atoms with Gasteiger partial charge in [-0.05, 0) is 55.3 Å². The van der Waals surface area contributed by atoms with Gasteiger partial charge in [-0.2, -0.15) is 0 Å². The maximum absolute atomic E-state index is 12.2. The van der Waals surface area contributed by atoms with Gasteiger partial charge in [0.25, 0.3) is 5.91 Å². The minimum Gasteiger partial charge on any atom is -0.351 e. The summed E-state index contributed by atoms with van der Waals surface area (Å²) >= 11 is 11.7. The molecule has 0 unspecified atom stereocenters. The first kappa shape index (κ1) is 19.7. The quantitative estimate of drug-likeness (QED) is 0.730. The van der Waals surface area contributed by atoms with Crippen molar-refractivity contribution in [3.8, 4) is 0 Å². The lowest BCUT2D eigenvalue weighted by molar-refractivity contribution is 0.0954. The van der Waals surface area contributed by atoms with Crippen molar-refractivity contribution < 1.29 is 13.2 Å². The molecule has 0 atom stereocenters. The van der Waals surface area contributed by atoms with E-state index in [9.17, 15) is 13.2 Å². The topological polar surface area (TPSA) is 75.3 Å². The first-order chi connectivity index (χ1) is 11.7. The number of nitrogens with one attached hydrogen (secondary N) is 2. The van der Waals surface area contributed by atoms with E-state index in [2.05, 4.69) is 10.0 Å². The number of sulfonamides is 1.